The van der Waals surface area contributed by atoms with E-state index in [9.17, 15) is 4.79 Å². The van der Waals surface area contributed by atoms with Crippen molar-refractivity contribution in [1.29, 1.82) is 0 Å². The van der Waals surface area contributed by atoms with E-state index in [-0.39, 0.29) is 11.9 Å². The van der Waals surface area contributed by atoms with Crippen LogP contribution < -0.4 is 4.90 Å². The van der Waals surface area contributed by atoms with Crippen molar-refractivity contribution < 1.29 is 9.53 Å². The number of thiazole rings is 1. The van der Waals surface area contributed by atoms with Crippen LogP contribution in [0.5, 0.6) is 0 Å². The van der Waals surface area contributed by atoms with Gasteiger partial charge in [0.1, 0.15) is 5.92 Å². The number of rotatable bonds is 6. The highest BCUT2D eigenvalue weighted by atomic mass is 32.1. The molecule has 0 radical (unpaired) electrons. The third-order valence-electron chi connectivity index (χ3n) is 4.30. The first-order chi connectivity index (χ1) is 10.1. The lowest BCUT2D eigenvalue weighted by atomic mass is 10.1. The quantitative estimate of drug-likeness (QED) is 0.756. The number of aromatic nitrogens is 1. The van der Waals surface area contributed by atoms with Gasteiger partial charge in [-0.1, -0.05) is 0 Å². The summed E-state index contributed by atoms with van der Waals surface area (Å²) < 4.78 is 5.19. The van der Waals surface area contributed by atoms with Gasteiger partial charge >= 0.3 is 5.97 Å². The maximum Gasteiger partial charge on any atom is 0.315 e. The van der Waals surface area contributed by atoms with Crippen LogP contribution in [0.1, 0.15) is 56.5 Å². The normalized spacial score (nSPS) is 20.7. The highest BCUT2D eigenvalue weighted by Crippen LogP contribution is 2.41. The molecule has 0 spiro atoms. The van der Waals surface area contributed by atoms with Gasteiger partial charge < -0.3 is 9.64 Å². The van der Waals surface area contributed by atoms with Crippen molar-refractivity contribution in [1.82, 2.24) is 4.98 Å². The monoisotopic (exact) mass is 308 g/mol. The van der Waals surface area contributed by atoms with Gasteiger partial charge in [-0.15, -0.1) is 11.3 Å². The first-order valence-corrected chi connectivity index (χ1v) is 8.84. The average Bonchev–Trinajstić information content (AvgIpc) is 3.02. The molecule has 116 valence electrons. The molecule has 1 aromatic rings. The molecule has 1 unspecified atom stereocenters. The van der Waals surface area contributed by atoms with Gasteiger partial charge in [0.15, 0.2) is 5.13 Å². The fraction of sp³-hybridized carbons (Fsp3) is 0.750. The van der Waals surface area contributed by atoms with Crippen LogP contribution in [0.4, 0.5) is 5.13 Å². The molecule has 1 aromatic heterocycles. The summed E-state index contributed by atoms with van der Waals surface area (Å²) in [6.45, 7) is 7.85. The van der Waals surface area contributed by atoms with Gasteiger partial charge in [-0.3, -0.25) is 4.79 Å². The second kappa shape index (κ2) is 5.95. The minimum Gasteiger partial charge on any atom is -0.465 e. The maximum absolute atomic E-state index is 12.0. The lowest BCUT2D eigenvalue weighted by molar-refractivity contribution is -0.145. The molecular formula is C16H24N2O2S. The molecule has 0 aliphatic heterocycles. The summed E-state index contributed by atoms with van der Waals surface area (Å²) >= 11 is 1.77. The fourth-order valence-electron chi connectivity index (χ4n) is 2.90. The summed E-state index contributed by atoms with van der Waals surface area (Å²) in [7, 11) is 0. The second-order valence-corrected chi connectivity index (χ2v) is 7.40. The number of anilines is 1. The lowest BCUT2D eigenvalue weighted by Gasteiger charge is -2.26. The van der Waals surface area contributed by atoms with Gasteiger partial charge in [-0.2, -0.15) is 0 Å². The molecule has 4 nitrogen and oxygen atoms in total. The molecule has 0 saturated heterocycles. The predicted molar refractivity (Wildman–Crippen MR) is 85.0 cm³/mol. The van der Waals surface area contributed by atoms with Gasteiger partial charge in [-0.25, -0.2) is 4.98 Å². The standard InChI is InChI=1S/C16H24N2O2S/c1-4-20-15(19)12-7-8-13-14(12)17-16(21-13)18(10(2)3)9-11-5-6-11/h10-12H,4-9H2,1-3H3. The number of aryl methyl sites for hydroxylation is 1. The van der Waals surface area contributed by atoms with Gasteiger partial charge in [0, 0.05) is 17.5 Å². The number of esters is 1. The number of hydrogen-bond donors (Lipinski definition) is 0. The molecule has 0 bridgehead atoms. The highest BCUT2D eigenvalue weighted by Gasteiger charge is 2.35. The van der Waals surface area contributed by atoms with Crippen molar-refractivity contribution in [2.75, 3.05) is 18.1 Å². The number of nitrogens with zero attached hydrogens (tertiary/aromatic N) is 2. The molecule has 5 heteroatoms. The maximum atomic E-state index is 12.0. The van der Waals surface area contributed by atoms with Crippen LogP contribution in [0.2, 0.25) is 0 Å². The van der Waals surface area contributed by atoms with E-state index in [0.717, 1.165) is 36.1 Å². The smallest absolute Gasteiger partial charge is 0.315 e. The minimum atomic E-state index is -0.139. The lowest BCUT2D eigenvalue weighted by Crippen LogP contribution is -2.32. The Kier molecular flexibility index (Phi) is 4.20. The Morgan fingerprint density at radius 1 is 1.43 bits per heavy atom. The summed E-state index contributed by atoms with van der Waals surface area (Å²) in [5.74, 6) is 0.596. The Balaban J connectivity index is 1.79. The molecule has 1 atom stereocenters. The topological polar surface area (TPSA) is 42.4 Å². The van der Waals surface area contributed by atoms with Crippen LogP contribution in [0.25, 0.3) is 0 Å². The molecule has 0 aromatic carbocycles. The van der Waals surface area contributed by atoms with Gasteiger partial charge in [-0.05, 0) is 52.4 Å². The van der Waals surface area contributed by atoms with Gasteiger partial charge in [0.25, 0.3) is 0 Å². The van der Waals surface area contributed by atoms with Crippen molar-refractivity contribution in [3.63, 3.8) is 0 Å². The Bertz CT molecular complexity index is 522. The van der Waals surface area contributed by atoms with Crippen LogP contribution in [-0.4, -0.2) is 30.1 Å². The highest BCUT2D eigenvalue weighted by molar-refractivity contribution is 7.15. The van der Waals surface area contributed by atoms with E-state index in [1.165, 1.54) is 17.7 Å². The second-order valence-electron chi connectivity index (χ2n) is 6.34. The Labute approximate surface area is 130 Å². The number of carbonyl (C=O) groups is 1. The van der Waals surface area contributed by atoms with E-state index >= 15 is 0 Å². The number of carbonyl (C=O) groups excluding carboxylic acids is 1. The van der Waals surface area contributed by atoms with E-state index < -0.39 is 0 Å². The fourth-order valence-corrected chi connectivity index (χ4v) is 4.18. The van der Waals surface area contributed by atoms with E-state index in [0.29, 0.717) is 12.6 Å². The molecule has 21 heavy (non-hydrogen) atoms. The SMILES string of the molecule is CCOC(=O)C1CCc2sc(N(CC3CC3)C(C)C)nc21. The third-order valence-corrected chi connectivity index (χ3v) is 5.47. The Morgan fingerprint density at radius 3 is 2.81 bits per heavy atom. The summed E-state index contributed by atoms with van der Waals surface area (Å²) in [5, 5.41) is 1.09. The van der Waals surface area contributed by atoms with Crippen molar-refractivity contribution in [2.24, 2.45) is 5.92 Å². The zero-order valence-corrected chi connectivity index (χ0v) is 13.9. The molecule has 0 amide bonds. The van der Waals surface area contributed by atoms with E-state index in [2.05, 4.69) is 18.7 Å². The molecule has 2 aliphatic rings. The molecule has 2 aliphatic carbocycles. The molecule has 1 heterocycles. The molecule has 1 fully saturated rings. The largest absolute Gasteiger partial charge is 0.465 e. The first-order valence-electron chi connectivity index (χ1n) is 8.03. The van der Waals surface area contributed by atoms with Crippen LogP contribution in [0, 0.1) is 5.92 Å². The molecule has 3 rings (SSSR count). The summed E-state index contributed by atoms with van der Waals surface area (Å²) in [4.78, 5) is 20.5. The first kappa shape index (κ1) is 14.8. The predicted octanol–water partition coefficient (Wildman–Crippen LogP) is 3.36. The Hall–Kier alpha value is -1.10. The van der Waals surface area contributed by atoms with E-state index in [4.69, 9.17) is 9.72 Å². The van der Waals surface area contributed by atoms with Crippen molar-refractivity contribution in [3.8, 4) is 0 Å². The van der Waals surface area contributed by atoms with Crippen LogP contribution >= 0.6 is 11.3 Å². The van der Waals surface area contributed by atoms with Crippen LogP contribution in [-0.2, 0) is 16.0 Å². The zero-order chi connectivity index (χ0) is 15.0. The van der Waals surface area contributed by atoms with E-state index in [1.807, 2.05) is 6.92 Å². The summed E-state index contributed by atoms with van der Waals surface area (Å²) in [5.41, 5.74) is 0.981. The molecular weight excluding hydrogens is 284 g/mol. The van der Waals surface area contributed by atoms with Crippen molar-refractivity contribution in [2.45, 2.75) is 58.4 Å². The summed E-state index contributed by atoms with van der Waals surface area (Å²) in [6.07, 6.45) is 4.52. The van der Waals surface area contributed by atoms with Gasteiger partial charge in [0.2, 0.25) is 0 Å². The summed E-state index contributed by atoms with van der Waals surface area (Å²) in [6, 6.07) is 0.456. The van der Waals surface area contributed by atoms with Crippen molar-refractivity contribution >= 4 is 22.4 Å². The third kappa shape index (κ3) is 3.07. The van der Waals surface area contributed by atoms with Crippen LogP contribution in [0.15, 0.2) is 0 Å². The van der Waals surface area contributed by atoms with E-state index in [1.54, 1.807) is 11.3 Å². The number of ether oxygens (including phenoxy) is 1. The Morgan fingerprint density at radius 2 is 2.19 bits per heavy atom. The van der Waals surface area contributed by atoms with Crippen LogP contribution in [0.3, 0.4) is 0 Å². The van der Waals surface area contributed by atoms with Gasteiger partial charge in [0.05, 0.1) is 12.3 Å². The average molecular weight is 308 g/mol. The molecule has 0 N–H and O–H groups in total. The minimum absolute atomic E-state index is 0.105. The number of fused-ring (bicyclic) bond motifs is 1. The zero-order valence-electron chi connectivity index (χ0n) is 13.1. The number of hydrogen-bond acceptors (Lipinski definition) is 5. The molecule has 1 saturated carbocycles. The van der Waals surface area contributed by atoms with Crippen molar-refractivity contribution in [3.05, 3.63) is 10.6 Å².